The minimum absolute atomic E-state index is 0.101. The highest BCUT2D eigenvalue weighted by molar-refractivity contribution is 6.00. The van der Waals surface area contributed by atoms with Gasteiger partial charge >= 0.3 is 0 Å². The molecule has 0 radical (unpaired) electrons. The van der Waals surface area contributed by atoms with Crippen molar-refractivity contribution in [3.63, 3.8) is 0 Å². The van der Waals surface area contributed by atoms with E-state index in [-0.39, 0.29) is 11.9 Å². The summed E-state index contributed by atoms with van der Waals surface area (Å²) >= 11 is 0. The number of carbonyl (C=O) groups excluding carboxylic acids is 1. The fourth-order valence-electron chi connectivity index (χ4n) is 2.75. The average Bonchev–Trinajstić information content (AvgIpc) is 2.39. The molecule has 0 aromatic heterocycles. The number of hydrogen-bond donors (Lipinski definition) is 2. The van der Waals surface area contributed by atoms with Crippen LogP contribution in [0.1, 0.15) is 43.0 Å². The first-order valence-electron chi connectivity index (χ1n) is 6.85. The first kappa shape index (κ1) is 13.7. The van der Waals surface area contributed by atoms with Gasteiger partial charge in [-0.25, -0.2) is 0 Å². The zero-order chi connectivity index (χ0) is 13.8. The molecule has 0 aliphatic heterocycles. The van der Waals surface area contributed by atoms with E-state index in [0.29, 0.717) is 22.9 Å². The number of carbonyl (C=O) groups is 1. The highest BCUT2D eigenvalue weighted by atomic mass is 16.5. The molecular formula is C15H22N2O2. The molecule has 3 N–H and O–H groups in total. The molecule has 1 aromatic carbocycles. The van der Waals surface area contributed by atoms with Gasteiger partial charge in [-0.1, -0.05) is 25.8 Å². The number of methoxy groups -OCH3 is 1. The Morgan fingerprint density at radius 2 is 2.21 bits per heavy atom. The standard InChI is InChI=1S/C15H22N2O2/c1-10-5-3-6-11(9-10)17-15(18)12-7-4-8-13(19-2)14(12)16/h4,7-8,10-11H,3,5-6,9,16H2,1-2H3,(H,17,18). The summed E-state index contributed by atoms with van der Waals surface area (Å²) in [5.41, 5.74) is 6.85. The number of para-hydroxylation sites is 1. The molecule has 0 bridgehead atoms. The van der Waals surface area contributed by atoms with E-state index in [1.54, 1.807) is 25.3 Å². The SMILES string of the molecule is COc1cccc(C(=O)NC2CCCC(C)C2)c1N. The van der Waals surface area contributed by atoms with E-state index in [4.69, 9.17) is 10.5 Å². The fraction of sp³-hybridized carbons (Fsp3) is 0.533. The summed E-state index contributed by atoms with van der Waals surface area (Å²) in [5, 5.41) is 3.08. The van der Waals surface area contributed by atoms with E-state index in [1.807, 2.05) is 0 Å². The zero-order valence-corrected chi connectivity index (χ0v) is 11.6. The lowest BCUT2D eigenvalue weighted by molar-refractivity contribution is 0.0922. The van der Waals surface area contributed by atoms with Crippen LogP contribution in [0.2, 0.25) is 0 Å². The molecule has 1 saturated carbocycles. The van der Waals surface area contributed by atoms with Gasteiger partial charge in [-0.15, -0.1) is 0 Å². The van der Waals surface area contributed by atoms with Gasteiger partial charge in [0.05, 0.1) is 18.4 Å². The maximum atomic E-state index is 12.3. The predicted molar refractivity (Wildman–Crippen MR) is 76.3 cm³/mol. The van der Waals surface area contributed by atoms with Crippen LogP contribution in [-0.2, 0) is 0 Å². The molecule has 0 saturated heterocycles. The van der Waals surface area contributed by atoms with Crippen molar-refractivity contribution in [2.45, 2.75) is 38.6 Å². The lowest BCUT2D eigenvalue weighted by Crippen LogP contribution is -2.38. The molecule has 0 spiro atoms. The van der Waals surface area contributed by atoms with E-state index in [0.717, 1.165) is 12.8 Å². The highest BCUT2D eigenvalue weighted by Crippen LogP contribution is 2.26. The van der Waals surface area contributed by atoms with Crippen molar-refractivity contribution in [2.75, 3.05) is 12.8 Å². The first-order chi connectivity index (χ1) is 9.11. The number of amides is 1. The first-order valence-corrected chi connectivity index (χ1v) is 6.85. The van der Waals surface area contributed by atoms with Gasteiger partial charge in [-0.3, -0.25) is 4.79 Å². The van der Waals surface area contributed by atoms with Gasteiger partial charge in [0.25, 0.3) is 5.91 Å². The number of ether oxygens (including phenoxy) is 1. The monoisotopic (exact) mass is 262 g/mol. The molecule has 2 rings (SSSR count). The lowest BCUT2D eigenvalue weighted by atomic mass is 9.87. The van der Waals surface area contributed by atoms with Gasteiger partial charge in [0.15, 0.2) is 0 Å². The molecule has 1 aliphatic rings. The molecule has 2 unspecified atom stereocenters. The number of nitrogens with one attached hydrogen (secondary N) is 1. The van der Waals surface area contributed by atoms with E-state index in [1.165, 1.54) is 12.8 Å². The van der Waals surface area contributed by atoms with Gasteiger partial charge in [-0.05, 0) is 30.9 Å². The minimum atomic E-state index is -0.101. The van der Waals surface area contributed by atoms with E-state index in [2.05, 4.69) is 12.2 Å². The Hall–Kier alpha value is -1.71. The molecule has 0 heterocycles. The largest absolute Gasteiger partial charge is 0.495 e. The molecule has 1 aromatic rings. The van der Waals surface area contributed by atoms with Gasteiger partial charge in [0.2, 0.25) is 0 Å². The Balaban J connectivity index is 2.07. The third-order valence-electron chi connectivity index (χ3n) is 3.80. The Kier molecular flexibility index (Phi) is 4.30. The summed E-state index contributed by atoms with van der Waals surface area (Å²) in [4.78, 5) is 12.3. The normalized spacial score (nSPS) is 22.8. The molecule has 19 heavy (non-hydrogen) atoms. The molecule has 1 fully saturated rings. The highest BCUT2D eigenvalue weighted by Gasteiger charge is 2.22. The third-order valence-corrected chi connectivity index (χ3v) is 3.80. The van der Waals surface area contributed by atoms with Crippen LogP contribution in [0.25, 0.3) is 0 Å². The van der Waals surface area contributed by atoms with Crippen LogP contribution in [0, 0.1) is 5.92 Å². The minimum Gasteiger partial charge on any atom is -0.495 e. The molecule has 104 valence electrons. The van der Waals surface area contributed by atoms with Crippen molar-refractivity contribution >= 4 is 11.6 Å². The second kappa shape index (κ2) is 5.95. The lowest BCUT2D eigenvalue weighted by Gasteiger charge is -2.27. The van der Waals surface area contributed by atoms with Crippen molar-refractivity contribution in [1.29, 1.82) is 0 Å². The number of hydrogen-bond acceptors (Lipinski definition) is 3. The van der Waals surface area contributed by atoms with Gasteiger partial charge < -0.3 is 15.8 Å². The topological polar surface area (TPSA) is 64.3 Å². The molecule has 2 atom stereocenters. The molecule has 1 amide bonds. The van der Waals surface area contributed by atoms with Crippen LogP contribution in [0.15, 0.2) is 18.2 Å². The quantitative estimate of drug-likeness (QED) is 0.823. The van der Waals surface area contributed by atoms with Crippen molar-refractivity contribution < 1.29 is 9.53 Å². The number of nitrogens with two attached hydrogens (primary N) is 1. The van der Waals surface area contributed by atoms with Crippen molar-refractivity contribution in [3.8, 4) is 5.75 Å². The Bertz CT molecular complexity index is 459. The summed E-state index contributed by atoms with van der Waals surface area (Å²) in [5.74, 6) is 1.13. The number of rotatable bonds is 3. The van der Waals surface area contributed by atoms with E-state index in [9.17, 15) is 4.79 Å². The Labute approximate surface area is 114 Å². The zero-order valence-electron chi connectivity index (χ0n) is 11.6. The smallest absolute Gasteiger partial charge is 0.253 e. The van der Waals surface area contributed by atoms with Crippen LogP contribution in [0.5, 0.6) is 5.75 Å². The van der Waals surface area contributed by atoms with Crippen LogP contribution >= 0.6 is 0 Å². The molecule has 4 nitrogen and oxygen atoms in total. The summed E-state index contributed by atoms with van der Waals surface area (Å²) in [6.45, 7) is 2.23. The molecular weight excluding hydrogens is 240 g/mol. The van der Waals surface area contributed by atoms with Crippen LogP contribution < -0.4 is 15.8 Å². The second-order valence-electron chi connectivity index (χ2n) is 5.36. The summed E-state index contributed by atoms with van der Waals surface area (Å²) in [7, 11) is 1.55. The van der Waals surface area contributed by atoms with E-state index >= 15 is 0 Å². The van der Waals surface area contributed by atoms with Crippen LogP contribution in [-0.4, -0.2) is 19.1 Å². The second-order valence-corrected chi connectivity index (χ2v) is 5.36. The average molecular weight is 262 g/mol. The maximum Gasteiger partial charge on any atom is 0.253 e. The summed E-state index contributed by atoms with van der Waals surface area (Å²) in [6, 6.07) is 5.55. The molecule has 1 aliphatic carbocycles. The van der Waals surface area contributed by atoms with Gasteiger partial charge in [0, 0.05) is 6.04 Å². The third kappa shape index (κ3) is 3.19. The van der Waals surface area contributed by atoms with Crippen molar-refractivity contribution in [3.05, 3.63) is 23.8 Å². The number of benzene rings is 1. The van der Waals surface area contributed by atoms with Crippen LogP contribution in [0.3, 0.4) is 0 Å². The van der Waals surface area contributed by atoms with Crippen molar-refractivity contribution in [2.24, 2.45) is 5.92 Å². The Morgan fingerprint density at radius 1 is 1.42 bits per heavy atom. The van der Waals surface area contributed by atoms with E-state index < -0.39 is 0 Å². The Morgan fingerprint density at radius 3 is 2.89 bits per heavy atom. The van der Waals surface area contributed by atoms with Crippen molar-refractivity contribution in [1.82, 2.24) is 5.32 Å². The van der Waals surface area contributed by atoms with Gasteiger partial charge in [0.1, 0.15) is 5.75 Å². The van der Waals surface area contributed by atoms with Crippen LogP contribution in [0.4, 0.5) is 5.69 Å². The number of nitrogen functional groups attached to an aromatic ring is 1. The molecule has 4 heteroatoms. The predicted octanol–water partition coefficient (Wildman–Crippen LogP) is 2.59. The van der Waals surface area contributed by atoms with Gasteiger partial charge in [-0.2, -0.15) is 0 Å². The maximum absolute atomic E-state index is 12.3. The fourth-order valence-corrected chi connectivity index (χ4v) is 2.75. The summed E-state index contributed by atoms with van der Waals surface area (Å²) in [6.07, 6.45) is 4.54. The number of anilines is 1. The summed E-state index contributed by atoms with van der Waals surface area (Å²) < 4.78 is 5.14.